The van der Waals surface area contributed by atoms with Gasteiger partial charge in [0.25, 0.3) is 0 Å². The molecule has 88 valence electrons. The zero-order valence-electron chi connectivity index (χ0n) is 11.0. The lowest BCUT2D eigenvalue weighted by Gasteiger charge is -2.19. The van der Waals surface area contributed by atoms with Crippen LogP contribution in [0.15, 0.2) is 24.3 Å². The molecule has 0 unspecified atom stereocenters. The van der Waals surface area contributed by atoms with Gasteiger partial charge in [0.2, 0.25) is 0 Å². The smallest absolute Gasteiger partial charge is 0.0172 e. The summed E-state index contributed by atoms with van der Waals surface area (Å²) in [6.45, 7) is 11.2. The van der Waals surface area contributed by atoms with E-state index in [0.29, 0.717) is 12.0 Å². The fourth-order valence-corrected chi connectivity index (χ4v) is 2.50. The molecule has 2 N–H and O–H groups in total. The van der Waals surface area contributed by atoms with Crippen molar-refractivity contribution in [3.05, 3.63) is 35.4 Å². The standard InChI is InChI=1S/C15H23N/c1-14(2,3)11-8-6-10(7-9-11)12-13(16)15(12,4)5/h6-9,12-13H,16H2,1-5H3/t12-,13-/m1/s1. The van der Waals surface area contributed by atoms with Crippen LogP contribution in [0.1, 0.15) is 51.7 Å². The van der Waals surface area contributed by atoms with E-state index < -0.39 is 0 Å². The Morgan fingerprint density at radius 1 is 1.06 bits per heavy atom. The van der Waals surface area contributed by atoms with Crippen LogP contribution in [0.4, 0.5) is 0 Å². The van der Waals surface area contributed by atoms with Crippen molar-refractivity contribution in [3.63, 3.8) is 0 Å². The van der Waals surface area contributed by atoms with Crippen LogP contribution in [-0.4, -0.2) is 6.04 Å². The molecule has 0 radical (unpaired) electrons. The highest BCUT2D eigenvalue weighted by Crippen LogP contribution is 2.57. The Morgan fingerprint density at radius 3 is 1.81 bits per heavy atom. The topological polar surface area (TPSA) is 26.0 Å². The number of hydrogen-bond donors (Lipinski definition) is 1. The van der Waals surface area contributed by atoms with Crippen molar-refractivity contribution in [3.8, 4) is 0 Å². The van der Waals surface area contributed by atoms with Crippen molar-refractivity contribution >= 4 is 0 Å². The van der Waals surface area contributed by atoms with Gasteiger partial charge >= 0.3 is 0 Å². The van der Waals surface area contributed by atoms with Gasteiger partial charge in [0, 0.05) is 12.0 Å². The van der Waals surface area contributed by atoms with Crippen molar-refractivity contribution < 1.29 is 0 Å². The van der Waals surface area contributed by atoms with Gasteiger partial charge in [-0.05, 0) is 22.0 Å². The van der Waals surface area contributed by atoms with E-state index in [9.17, 15) is 0 Å². The minimum atomic E-state index is 0.236. The molecule has 2 atom stereocenters. The molecule has 0 amide bonds. The van der Waals surface area contributed by atoms with Gasteiger partial charge in [0.1, 0.15) is 0 Å². The van der Waals surface area contributed by atoms with Gasteiger partial charge in [0.15, 0.2) is 0 Å². The molecule has 1 aromatic rings. The summed E-state index contributed by atoms with van der Waals surface area (Å²) in [5.41, 5.74) is 9.40. The van der Waals surface area contributed by atoms with E-state index in [0.717, 1.165) is 0 Å². The first-order valence-electron chi connectivity index (χ1n) is 6.10. The zero-order chi connectivity index (χ0) is 12.1. The fourth-order valence-electron chi connectivity index (χ4n) is 2.50. The first-order chi connectivity index (χ1) is 7.24. The van der Waals surface area contributed by atoms with E-state index in [4.69, 9.17) is 5.73 Å². The van der Waals surface area contributed by atoms with Gasteiger partial charge in [0.05, 0.1) is 0 Å². The fraction of sp³-hybridized carbons (Fsp3) is 0.600. The number of rotatable bonds is 1. The average molecular weight is 217 g/mol. The molecule has 16 heavy (non-hydrogen) atoms. The zero-order valence-corrected chi connectivity index (χ0v) is 11.0. The third kappa shape index (κ3) is 1.78. The molecular formula is C15H23N. The predicted molar refractivity (Wildman–Crippen MR) is 69.6 cm³/mol. The second-order valence-electron chi connectivity index (χ2n) is 6.70. The summed E-state index contributed by atoms with van der Waals surface area (Å²) in [6.07, 6.45) is 0. The highest BCUT2D eigenvalue weighted by atomic mass is 14.8. The van der Waals surface area contributed by atoms with E-state index in [1.807, 2.05) is 0 Å². The minimum absolute atomic E-state index is 0.236. The van der Waals surface area contributed by atoms with Gasteiger partial charge in [-0.3, -0.25) is 0 Å². The van der Waals surface area contributed by atoms with Crippen LogP contribution < -0.4 is 5.73 Å². The van der Waals surface area contributed by atoms with Crippen LogP contribution in [0.5, 0.6) is 0 Å². The van der Waals surface area contributed by atoms with E-state index in [1.54, 1.807) is 0 Å². The maximum Gasteiger partial charge on any atom is 0.0172 e. The van der Waals surface area contributed by atoms with Crippen LogP contribution in [0, 0.1) is 5.41 Å². The molecule has 1 aliphatic rings. The summed E-state index contributed by atoms with van der Waals surface area (Å²) >= 11 is 0. The molecule has 2 rings (SSSR count). The number of benzene rings is 1. The molecule has 1 aliphatic carbocycles. The molecule has 0 aromatic heterocycles. The average Bonchev–Trinajstić information content (AvgIpc) is 2.65. The molecule has 1 nitrogen and oxygen atoms in total. The Hall–Kier alpha value is -0.820. The largest absolute Gasteiger partial charge is 0.327 e. The molecule has 0 saturated heterocycles. The Balaban J connectivity index is 2.22. The summed E-state index contributed by atoms with van der Waals surface area (Å²) in [5.74, 6) is 0.543. The number of hydrogen-bond acceptors (Lipinski definition) is 1. The Morgan fingerprint density at radius 2 is 1.50 bits per heavy atom. The van der Waals surface area contributed by atoms with Gasteiger partial charge in [-0.2, -0.15) is 0 Å². The van der Waals surface area contributed by atoms with Crippen molar-refractivity contribution in [1.29, 1.82) is 0 Å². The molecule has 1 heteroatoms. The van der Waals surface area contributed by atoms with Crippen molar-refractivity contribution in [2.45, 2.75) is 52.0 Å². The van der Waals surface area contributed by atoms with Crippen LogP contribution in [0.2, 0.25) is 0 Å². The van der Waals surface area contributed by atoms with Gasteiger partial charge in [-0.25, -0.2) is 0 Å². The second kappa shape index (κ2) is 3.33. The molecule has 0 bridgehead atoms. The van der Waals surface area contributed by atoms with E-state index >= 15 is 0 Å². The van der Waals surface area contributed by atoms with E-state index in [2.05, 4.69) is 58.9 Å². The Kier molecular flexibility index (Phi) is 2.43. The van der Waals surface area contributed by atoms with Crippen LogP contribution >= 0.6 is 0 Å². The molecular weight excluding hydrogens is 194 g/mol. The molecule has 1 fully saturated rings. The first-order valence-corrected chi connectivity index (χ1v) is 6.10. The van der Waals surface area contributed by atoms with Crippen LogP contribution in [-0.2, 0) is 5.41 Å². The predicted octanol–water partition coefficient (Wildman–Crippen LogP) is 3.43. The van der Waals surface area contributed by atoms with Gasteiger partial charge < -0.3 is 5.73 Å². The van der Waals surface area contributed by atoms with Crippen molar-refractivity contribution in [1.82, 2.24) is 0 Å². The highest BCUT2D eigenvalue weighted by molar-refractivity contribution is 5.37. The third-order valence-corrected chi connectivity index (χ3v) is 4.05. The van der Waals surface area contributed by atoms with Gasteiger partial charge in [-0.15, -0.1) is 0 Å². The summed E-state index contributed by atoms with van der Waals surface area (Å²) in [6, 6.07) is 9.32. The van der Waals surface area contributed by atoms with Gasteiger partial charge in [-0.1, -0.05) is 58.9 Å². The van der Waals surface area contributed by atoms with Crippen LogP contribution in [0.25, 0.3) is 0 Å². The maximum absolute atomic E-state index is 6.10. The summed E-state index contributed by atoms with van der Waals surface area (Å²) in [5, 5.41) is 0. The lowest BCUT2D eigenvalue weighted by molar-refractivity contribution is 0.588. The third-order valence-electron chi connectivity index (χ3n) is 4.05. The van der Waals surface area contributed by atoms with Crippen molar-refractivity contribution in [2.75, 3.05) is 0 Å². The van der Waals surface area contributed by atoms with E-state index in [1.165, 1.54) is 11.1 Å². The first kappa shape index (κ1) is 11.7. The lowest BCUT2D eigenvalue weighted by atomic mass is 9.86. The quantitative estimate of drug-likeness (QED) is 0.766. The molecule has 0 spiro atoms. The molecule has 0 heterocycles. The lowest BCUT2D eigenvalue weighted by Crippen LogP contribution is -2.10. The molecule has 1 saturated carbocycles. The Bertz CT molecular complexity index is 381. The number of nitrogens with two attached hydrogens (primary N) is 1. The monoisotopic (exact) mass is 217 g/mol. The highest BCUT2D eigenvalue weighted by Gasteiger charge is 2.55. The summed E-state index contributed by atoms with van der Waals surface area (Å²) < 4.78 is 0. The Labute approximate surface area is 99.0 Å². The van der Waals surface area contributed by atoms with Crippen LogP contribution in [0.3, 0.4) is 0 Å². The van der Waals surface area contributed by atoms with E-state index in [-0.39, 0.29) is 10.8 Å². The molecule has 0 aliphatic heterocycles. The summed E-state index contributed by atoms with van der Waals surface area (Å²) in [7, 11) is 0. The minimum Gasteiger partial charge on any atom is -0.327 e. The maximum atomic E-state index is 6.10. The van der Waals surface area contributed by atoms with Crippen molar-refractivity contribution in [2.24, 2.45) is 11.1 Å². The normalized spacial score (nSPS) is 27.9. The second-order valence-corrected chi connectivity index (χ2v) is 6.70. The summed E-state index contributed by atoms with van der Waals surface area (Å²) in [4.78, 5) is 0. The molecule has 1 aromatic carbocycles. The SMILES string of the molecule is CC(C)(C)c1ccc([C@@H]2[C@@H](N)C2(C)C)cc1.